The second-order valence-corrected chi connectivity index (χ2v) is 4.51. The van der Waals surface area contributed by atoms with Gasteiger partial charge in [-0.1, -0.05) is 12.2 Å². The number of carboxylic acids is 1. The summed E-state index contributed by atoms with van der Waals surface area (Å²) < 4.78 is 0. The number of primary amides is 1. The van der Waals surface area contributed by atoms with Crippen LogP contribution >= 0.6 is 0 Å². The number of nitrogens with two attached hydrogens (primary N) is 1. The molecule has 1 saturated heterocycles. The maximum absolute atomic E-state index is 10.3. The van der Waals surface area contributed by atoms with Crippen LogP contribution in [-0.2, 0) is 4.79 Å². The van der Waals surface area contributed by atoms with Crippen molar-refractivity contribution in [3.63, 3.8) is 0 Å². The second kappa shape index (κ2) is 11.0. The molecule has 0 aromatic heterocycles. The lowest BCUT2D eigenvalue weighted by molar-refractivity contribution is -0.137. The van der Waals surface area contributed by atoms with E-state index in [4.69, 9.17) is 10.8 Å². The fourth-order valence-corrected chi connectivity index (χ4v) is 1.81. The first kappa shape index (κ1) is 18.2. The average Bonchev–Trinajstić information content (AvgIpc) is 2.91. The van der Waals surface area contributed by atoms with Crippen molar-refractivity contribution in [3.05, 3.63) is 25.3 Å². The number of rotatable bonds is 7. The lowest BCUT2D eigenvalue weighted by Gasteiger charge is -2.16. The summed E-state index contributed by atoms with van der Waals surface area (Å²) in [6.07, 6.45) is 5.91. The van der Waals surface area contributed by atoms with Crippen LogP contribution < -0.4 is 5.73 Å². The van der Waals surface area contributed by atoms with Crippen LogP contribution in [0.3, 0.4) is 0 Å². The van der Waals surface area contributed by atoms with E-state index in [0.717, 1.165) is 25.9 Å². The maximum atomic E-state index is 10.3. The van der Waals surface area contributed by atoms with Gasteiger partial charge in [-0.3, -0.25) is 9.69 Å². The first-order chi connectivity index (χ1) is 9.51. The third-order valence-electron chi connectivity index (χ3n) is 2.83. The van der Waals surface area contributed by atoms with Crippen molar-refractivity contribution in [1.29, 1.82) is 0 Å². The van der Waals surface area contributed by atoms with Crippen molar-refractivity contribution < 1.29 is 14.7 Å². The van der Waals surface area contributed by atoms with Crippen molar-refractivity contribution in [2.75, 3.05) is 32.7 Å². The molecule has 1 aliphatic rings. The van der Waals surface area contributed by atoms with Crippen LogP contribution in [0.4, 0.5) is 4.79 Å². The Morgan fingerprint density at radius 1 is 1.20 bits per heavy atom. The highest BCUT2D eigenvalue weighted by molar-refractivity contribution is 5.72. The van der Waals surface area contributed by atoms with Gasteiger partial charge in [0.15, 0.2) is 0 Å². The lowest BCUT2D eigenvalue weighted by atomic mass is 10.3. The van der Waals surface area contributed by atoms with Crippen LogP contribution in [0.2, 0.25) is 0 Å². The third-order valence-corrected chi connectivity index (χ3v) is 2.83. The van der Waals surface area contributed by atoms with Gasteiger partial charge in [0.1, 0.15) is 0 Å². The van der Waals surface area contributed by atoms with Crippen molar-refractivity contribution >= 4 is 12.0 Å². The monoisotopic (exact) mass is 283 g/mol. The van der Waals surface area contributed by atoms with Gasteiger partial charge in [-0.05, 0) is 12.8 Å². The van der Waals surface area contributed by atoms with Crippen molar-refractivity contribution in [1.82, 2.24) is 9.80 Å². The number of carbonyl (C=O) groups is 2. The van der Waals surface area contributed by atoms with E-state index in [9.17, 15) is 9.59 Å². The van der Waals surface area contributed by atoms with Crippen molar-refractivity contribution in [3.8, 4) is 0 Å². The Balaban J connectivity index is 0.000000388. The standard InChI is InChI=1S/C9H15NO2.C5H10N2O/c1-3-6-10(7-4-2)8-5-9(11)12;6-5(8)7-3-1-2-4-7/h3-4H,1-2,5-8H2,(H,11,12);1-4H2,(H2,6,8). The van der Waals surface area contributed by atoms with Gasteiger partial charge in [0.05, 0.1) is 6.42 Å². The quantitative estimate of drug-likeness (QED) is 0.689. The minimum Gasteiger partial charge on any atom is -0.481 e. The zero-order valence-electron chi connectivity index (χ0n) is 12.0. The summed E-state index contributed by atoms with van der Waals surface area (Å²) in [5, 5.41) is 8.42. The second-order valence-electron chi connectivity index (χ2n) is 4.51. The molecule has 0 radical (unpaired) electrons. The summed E-state index contributed by atoms with van der Waals surface area (Å²) in [6.45, 7) is 10.9. The van der Waals surface area contributed by atoms with Gasteiger partial charge in [-0.25, -0.2) is 4.79 Å². The number of aliphatic carboxylic acids is 1. The number of amides is 2. The molecule has 0 saturated carbocycles. The summed E-state index contributed by atoms with van der Waals surface area (Å²) in [6, 6.07) is -0.275. The van der Waals surface area contributed by atoms with Gasteiger partial charge in [-0.2, -0.15) is 0 Å². The van der Waals surface area contributed by atoms with Crippen LogP contribution in [0.25, 0.3) is 0 Å². The van der Waals surface area contributed by atoms with Gasteiger partial charge in [-0.15, -0.1) is 13.2 Å². The summed E-state index contributed by atoms with van der Waals surface area (Å²) in [5.41, 5.74) is 4.98. The van der Waals surface area contributed by atoms with E-state index in [-0.39, 0.29) is 12.5 Å². The van der Waals surface area contributed by atoms with Gasteiger partial charge in [0.25, 0.3) is 0 Å². The van der Waals surface area contributed by atoms with Gasteiger partial charge < -0.3 is 15.7 Å². The summed E-state index contributed by atoms with van der Waals surface area (Å²) >= 11 is 0. The van der Waals surface area contributed by atoms with E-state index in [1.54, 1.807) is 17.1 Å². The van der Waals surface area contributed by atoms with Crippen LogP contribution in [-0.4, -0.2) is 59.6 Å². The largest absolute Gasteiger partial charge is 0.481 e. The van der Waals surface area contributed by atoms with Crippen LogP contribution in [0.15, 0.2) is 25.3 Å². The van der Waals surface area contributed by atoms with E-state index in [1.807, 2.05) is 4.90 Å². The number of carboxylic acid groups (broad SMARTS) is 1. The summed E-state index contributed by atoms with van der Waals surface area (Å²) in [5.74, 6) is -0.770. The molecule has 0 unspecified atom stereocenters. The topological polar surface area (TPSA) is 86.9 Å². The highest BCUT2D eigenvalue weighted by Gasteiger charge is 2.13. The van der Waals surface area contributed by atoms with Gasteiger partial charge in [0.2, 0.25) is 0 Å². The molecule has 6 nitrogen and oxygen atoms in total. The molecule has 20 heavy (non-hydrogen) atoms. The van der Waals surface area contributed by atoms with E-state index in [0.29, 0.717) is 19.6 Å². The molecule has 114 valence electrons. The first-order valence-electron chi connectivity index (χ1n) is 6.71. The minimum absolute atomic E-state index is 0.168. The molecule has 1 heterocycles. The number of hydrogen-bond donors (Lipinski definition) is 2. The molecule has 6 heteroatoms. The van der Waals surface area contributed by atoms with E-state index >= 15 is 0 Å². The third kappa shape index (κ3) is 9.16. The number of nitrogens with zero attached hydrogens (tertiary/aromatic N) is 2. The SMILES string of the molecule is C=CCN(CC=C)CCC(=O)O.NC(=O)N1CCCC1. The normalized spacial score (nSPS) is 13.6. The van der Waals surface area contributed by atoms with Crippen molar-refractivity contribution in [2.24, 2.45) is 5.73 Å². The molecule has 1 aliphatic heterocycles. The van der Waals surface area contributed by atoms with E-state index in [1.165, 1.54) is 0 Å². The van der Waals surface area contributed by atoms with Crippen molar-refractivity contribution in [2.45, 2.75) is 19.3 Å². The Bertz CT molecular complexity index is 316. The van der Waals surface area contributed by atoms with Crippen LogP contribution in [0.1, 0.15) is 19.3 Å². The molecule has 2 amide bonds. The Kier molecular flexibility index (Phi) is 10.0. The Labute approximate surface area is 120 Å². The predicted molar refractivity (Wildman–Crippen MR) is 79.5 cm³/mol. The molecular weight excluding hydrogens is 258 g/mol. The number of carbonyl (C=O) groups excluding carboxylic acids is 1. The van der Waals surface area contributed by atoms with Crippen LogP contribution in [0, 0.1) is 0 Å². The molecule has 0 aromatic carbocycles. The molecule has 1 rings (SSSR count). The maximum Gasteiger partial charge on any atom is 0.314 e. The molecule has 0 bridgehead atoms. The summed E-state index contributed by atoms with van der Waals surface area (Å²) in [4.78, 5) is 24.2. The average molecular weight is 283 g/mol. The smallest absolute Gasteiger partial charge is 0.314 e. The zero-order chi connectivity index (χ0) is 15.4. The Morgan fingerprint density at radius 2 is 1.70 bits per heavy atom. The molecular formula is C14H25N3O3. The Hall–Kier alpha value is -1.82. The zero-order valence-corrected chi connectivity index (χ0v) is 12.0. The molecule has 0 aliphatic carbocycles. The highest BCUT2D eigenvalue weighted by atomic mass is 16.4. The van der Waals surface area contributed by atoms with Crippen LogP contribution in [0.5, 0.6) is 0 Å². The van der Waals surface area contributed by atoms with Gasteiger partial charge in [0, 0.05) is 32.7 Å². The molecule has 0 aromatic rings. The van der Waals surface area contributed by atoms with E-state index in [2.05, 4.69) is 13.2 Å². The number of urea groups is 1. The number of hydrogen-bond acceptors (Lipinski definition) is 3. The van der Waals surface area contributed by atoms with E-state index < -0.39 is 5.97 Å². The highest BCUT2D eigenvalue weighted by Crippen LogP contribution is 2.05. The fraction of sp³-hybridized carbons (Fsp3) is 0.571. The summed E-state index contributed by atoms with van der Waals surface area (Å²) in [7, 11) is 0. The fourth-order valence-electron chi connectivity index (χ4n) is 1.81. The molecule has 0 spiro atoms. The molecule has 3 N–H and O–H groups in total. The van der Waals surface area contributed by atoms with Gasteiger partial charge >= 0.3 is 12.0 Å². The number of likely N-dealkylation sites (tertiary alicyclic amines) is 1. The molecule has 0 atom stereocenters. The lowest BCUT2D eigenvalue weighted by Crippen LogP contribution is -2.32. The molecule has 1 fully saturated rings. The first-order valence-corrected chi connectivity index (χ1v) is 6.71. The Morgan fingerprint density at radius 3 is 2.00 bits per heavy atom. The minimum atomic E-state index is -0.770. The predicted octanol–water partition coefficient (Wildman–Crippen LogP) is 1.30.